The molecule has 0 aromatic rings. The normalized spacial score (nSPS) is 33.5. The van der Waals surface area contributed by atoms with Gasteiger partial charge in [-0.1, -0.05) is 13.8 Å². The van der Waals surface area contributed by atoms with E-state index in [9.17, 15) is 0 Å². The second-order valence-corrected chi connectivity index (χ2v) is 5.51. The van der Waals surface area contributed by atoms with Gasteiger partial charge in [0.25, 0.3) is 0 Å². The molecule has 0 bridgehead atoms. The smallest absolute Gasteiger partial charge is 0.0692 e. The van der Waals surface area contributed by atoms with Crippen LogP contribution in [0.5, 0.6) is 0 Å². The zero-order chi connectivity index (χ0) is 12.1. The van der Waals surface area contributed by atoms with E-state index >= 15 is 0 Å². The summed E-state index contributed by atoms with van der Waals surface area (Å²) in [5, 5.41) is 3.78. The SMILES string of the molecule is CCC1(CC)CC(NC2CCCOC2)CCO1. The Labute approximate surface area is 105 Å². The first-order chi connectivity index (χ1) is 8.28. The summed E-state index contributed by atoms with van der Waals surface area (Å²) in [6, 6.07) is 1.19. The van der Waals surface area contributed by atoms with Crippen LogP contribution in [-0.2, 0) is 9.47 Å². The van der Waals surface area contributed by atoms with Crippen molar-refractivity contribution >= 4 is 0 Å². The molecule has 0 aliphatic carbocycles. The van der Waals surface area contributed by atoms with E-state index in [1.807, 2.05) is 0 Å². The fraction of sp³-hybridized carbons (Fsp3) is 1.00. The molecule has 2 aliphatic heterocycles. The zero-order valence-corrected chi connectivity index (χ0v) is 11.3. The summed E-state index contributed by atoms with van der Waals surface area (Å²) < 4.78 is 11.5. The molecular weight excluding hydrogens is 214 g/mol. The Morgan fingerprint density at radius 2 is 1.94 bits per heavy atom. The molecule has 2 rings (SSSR count). The van der Waals surface area contributed by atoms with Gasteiger partial charge in [-0.2, -0.15) is 0 Å². The van der Waals surface area contributed by atoms with Crippen molar-refractivity contribution in [2.45, 2.75) is 70.1 Å². The minimum absolute atomic E-state index is 0.130. The zero-order valence-electron chi connectivity index (χ0n) is 11.3. The predicted molar refractivity (Wildman–Crippen MR) is 69.3 cm³/mol. The Bertz CT molecular complexity index is 222. The van der Waals surface area contributed by atoms with E-state index in [0.29, 0.717) is 12.1 Å². The lowest BCUT2D eigenvalue weighted by molar-refractivity contribution is -0.0957. The fourth-order valence-electron chi connectivity index (χ4n) is 3.12. The van der Waals surface area contributed by atoms with Gasteiger partial charge in [0.2, 0.25) is 0 Å². The molecule has 2 heterocycles. The number of rotatable bonds is 4. The van der Waals surface area contributed by atoms with Crippen molar-refractivity contribution in [1.29, 1.82) is 0 Å². The minimum atomic E-state index is 0.130. The van der Waals surface area contributed by atoms with Crippen molar-refractivity contribution in [2.75, 3.05) is 19.8 Å². The molecule has 2 atom stereocenters. The van der Waals surface area contributed by atoms with Crippen LogP contribution in [0.2, 0.25) is 0 Å². The molecule has 0 aromatic heterocycles. The van der Waals surface area contributed by atoms with Crippen molar-refractivity contribution in [2.24, 2.45) is 0 Å². The van der Waals surface area contributed by atoms with Crippen LogP contribution < -0.4 is 5.32 Å². The van der Waals surface area contributed by atoms with E-state index in [2.05, 4.69) is 19.2 Å². The second kappa shape index (κ2) is 6.17. The summed E-state index contributed by atoms with van der Waals surface area (Å²) >= 11 is 0. The van der Waals surface area contributed by atoms with Crippen molar-refractivity contribution in [3.05, 3.63) is 0 Å². The Kier molecular flexibility index (Phi) is 4.83. The number of ether oxygens (including phenoxy) is 2. The maximum atomic E-state index is 6.01. The summed E-state index contributed by atoms with van der Waals surface area (Å²) in [6.07, 6.45) is 7.04. The highest BCUT2D eigenvalue weighted by Crippen LogP contribution is 2.31. The van der Waals surface area contributed by atoms with Crippen molar-refractivity contribution in [3.63, 3.8) is 0 Å². The van der Waals surface area contributed by atoms with Crippen LogP contribution >= 0.6 is 0 Å². The van der Waals surface area contributed by atoms with Gasteiger partial charge in [0, 0.05) is 25.3 Å². The first-order valence-corrected chi connectivity index (χ1v) is 7.26. The van der Waals surface area contributed by atoms with Gasteiger partial charge in [0.05, 0.1) is 12.2 Å². The summed E-state index contributed by atoms with van der Waals surface area (Å²) in [4.78, 5) is 0. The molecule has 2 unspecified atom stereocenters. The van der Waals surface area contributed by atoms with E-state index in [0.717, 1.165) is 45.5 Å². The maximum absolute atomic E-state index is 6.01. The Morgan fingerprint density at radius 3 is 2.59 bits per heavy atom. The predicted octanol–water partition coefficient (Wildman–Crippen LogP) is 2.49. The first kappa shape index (κ1) is 13.3. The Morgan fingerprint density at radius 1 is 1.12 bits per heavy atom. The molecule has 0 saturated carbocycles. The van der Waals surface area contributed by atoms with Crippen molar-refractivity contribution < 1.29 is 9.47 Å². The molecule has 100 valence electrons. The van der Waals surface area contributed by atoms with Gasteiger partial charge in [-0.15, -0.1) is 0 Å². The van der Waals surface area contributed by atoms with Crippen LogP contribution in [0.25, 0.3) is 0 Å². The molecule has 0 aromatic carbocycles. The molecular formula is C14H27NO2. The molecule has 2 fully saturated rings. The molecule has 1 N–H and O–H groups in total. The third-order valence-corrected chi connectivity index (χ3v) is 4.41. The van der Waals surface area contributed by atoms with E-state index in [-0.39, 0.29) is 5.60 Å². The van der Waals surface area contributed by atoms with Gasteiger partial charge in [0.1, 0.15) is 0 Å². The quantitative estimate of drug-likeness (QED) is 0.820. The molecule has 2 aliphatic rings. The monoisotopic (exact) mass is 241 g/mol. The van der Waals surface area contributed by atoms with Gasteiger partial charge in [-0.05, 0) is 38.5 Å². The first-order valence-electron chi connectivity index (χ1n) is 7.26. The molecule has 0 radical (unpaired) electrons. The molecule has 3 heteroatoms. The summed E-state index contributed by atoms with van der Waals surface area (Å²) in [7, 11) is 0. The molecule has 2 saturated heterocycles. The molecule has 17 heavy (non-hydrogen) atoms. The van der Waals surface area contributed by atoms with Crippen LogP contribution in [0.4, 0.5) is 0 Å². The Balaban J connectivity index is 1.84. The van der Waals surface area contributed by atoms with E-state index in [4.69, 9.17) is 9.47 Å². The summed E-state index contributed by atoms with van der Waals surface area (Å²) in [6.45, 7) is 7.24. The fourth-order valence-corrected chi connectivity index (χ4v) is 3.12. The third kappa shape index (κ3) is 3.43. The Hall–Kier alpha value is -0.120. The van der Waals surface area contributed by atoms with Gasteiger partial charge >= 0.3 is 0 Å². The highest BCUT2D eigenvalue weighted by molar-refractivity contribution is 4.89. The topological polar surface area (TPSA) is 30.5 Å². The lowest BCUT2D eigenvalue weighted by atomic mass is 9.85. The summed E-state index contributed by atoms with van der Waals surface area (Å²) in [5.74, 6) is 0. The number of nitrogens with one attached hydrogen (secondary N) is 1. The third-order valence-electron chi connectivity index (χ3n) is 4.41. The van der Waals surface area contributed by atoms with E-state index in [1.54, 1.807) is 0 Å². The van der Waals surface area contributed by atoms with Gasteiger partial charge in [-0.3, -0.25) is 0 Å². The molecule has 0 spiro atoms. The highest BCUT2D eigenvalue weighted by Gasteiger charge is 2.35. The van der Waals surface area contributed by atoms with Crippen LogP contribution in [0.3, 0.4) is 0 Å². The average molecular weight is 241 g/mol. The lowest BCUT2D eigenvalue weighted by Crippen LogP contribution is -2.51. The van der Waals surface area contributed by atoms with Crippen LogP contribution in [-0.4, -0.2) is 37.5 Å². The highest BCUT2D eigenvalue weighted by atomic mass is 16.5. The number of hydrogen-bond donors (Lipinski definition) is 1. The van der Waals surface area contributed by atoms with Gasteiger partial charge < -0.3 is 14.8 Å². The largest absolute Gasteiger partial charge is 0.380 e. The minimum Gasteiger partial charge on any atom is -0.380 e. The number of hydrogen-bond acceptors (Lipinski definition) is 3. The van der Waals surface area contributed by atoms with Crippen molar-refractivity contribution in [3.8, 4) is 0 Å². The standard InChI is InChI=1S/C14H27NO2/c1-3-14(4-2)10-12(7-9-17-14)15-13-6-5-8-16-11-13/h12-13,15H,3-11H2,1-2H3. The molecule has 3 nitrogen and oxygen atoms in total. The maximum Gasteiger partial charge on any atom is 0.0692 e. The van der Waals surface area contributed by atoms with Crippen LogP contribution in [0.1, 0.15) is 52.4 Å². The summed E-state index contributed by atoms with van der Waals surface area (Å²) in [5.41, 5.74) is 0.130. The second-order valence-electron chi connectivity index (χ2n) is 5.51. The van der Waals surface area contributed by atoms with Crippen LogP contribution in [0.15, 0.2) is 0 Å². The average Bonchev–Trinajstić information content (AvgIpc) is 2.40. The lowest BCUT2D eigenvalue weighted by Gasteiger charge is -2.41. The van der Waals surface area contributed by atoms with E-state index < -0.39 is 0 Å². The van der Waals surface area contributed by atoms with Crippen LogP contribution in [0, 0.1) is 0 Å². The van der Waals surface area contributed by atoms with E-state index in [1.165, 1.54) is 12.8 Å². The van der Waals surface area contributed by atoms with Gasteiger partial charge in [0.15, 0.2) is 0 Å². The van der Waals surface area contributed by atoms with Gasteiger partial charge in [-0.25, -0.2) is 0 Å². The van der Waals surface area contributed by atoms with Crippen molar-refractivity contribution in [1.82, 2.24) is 5.32 Å². The molecule has 0 amide bonds.